The molecule has 1 aromatic carbocycles. The lowest BCUT2D eigenvalue weighted by Crippen LogP contribution is -2.50. The van der Waals surface area contributed by atoms with Crippen LogP contribution in [-0.4, -0.2) is 29.5 Å². The van der Waals surface area contributed by atoms with Gasteiger partial charge >= 0.3 is 0 Å². The minimum atomic E-state index is -0.408. The van der Waals surface area contributed by atoms with E-state index in [1.54, 1.807) is 0 Å². The normalized spacial score (nSPS) is 23.5. The van der Waals surface area contributed by atoms with E-state index in [4.69, 9.17) is 5.73 Å². The van der Waals surface area contributed by atoms with E-state index in [2.05, 4.69) is 23.7 Å². The van der Waals surface area contributed by atoms with Gasteiger partial charge in [-0.25, -0.2) is 0 Å². The number of nitrogens with two attached hydrogens (primary N) is 1. The fourth-order valence-corrected chi connectivity index (χ4v) is 3.87. The number of thioether (sulfide) groups is 1. The Balaban J connectivity index is 1.79. The SMILES string of the molecule is CSC1CCCCC1NC(=O)[C@@H](N)CCc1ccccc1. The molecule has 2 rings (SSSR count). The molecular weight excluding hydrogens is 280 g/mol. The van der Waals surface area contributed by atoms with E-state index in [1.807, 2.05) is 30.0 Å². The van der Waals surface area contributed by atoms with Crippen LogP contribution >= 0.6 is 11.8 Å². The van der Waals surface area contributed by atoms with Gasteiger partial charge in [-0.3, -0.25) is 4.79 Å². The van der Waals surface area contributed by atoms with Crippen molar-refractivity contribution in [1.29, 1.82) is 0 Å². The average Bonchev–Trinajstić information content (AvgIpc) is 2.54. The molecule has 0 radical (unpaired) electrons. The van der Waals surface area contributed by atoms with E-state index in [0.717, 1.165) is 12.8 Å². The first-order chi connectivity index (χ1) is 10.2. The Bertz CT molecular complexity index is 438. The van der Waals surface area contributed by atoms with Crippen LogP contribution in [0.2, 0.25) is 0 Å². The van der Waals surface area contributed by atoms with E-state index < -0.39 is 6.04 Å². The van der Waals surface area contributed by atoms with Crippen molar-refractivity contribution in [1.82, 2.24) is 5.32 Å². The lowest BCUT2D eigenvalue weighted by molar-refractivity contribution is -0.123. The van der Waals surface area contributed by atoms with Crippen LogP contribution in [-0.2, 0) is 11.2 Å². The van der Waals surface area contributed by atoms with Gasteiger partial charge < -0.3 is 11.1 Å². The number of hydrogen-bond donors (Lipinski definition) is 2. The second kappa shape index (κ2) is 8.44. The fourth-order valence-electron chi connectivity index (χ4n) is 2.93. The van der Waals surface area contributed by atoms with Crippen molar-refractivity contribution < 1.29 is 4.79 Å². The molecule has 116 valence electrons. The van der Waals surface area contributed by atoms with Crippen LogP contribution in [0.1, 0.15) is 37.7 Å². The summed E-state index contributed by atoms with van der Waals surface area (Å²) in [7, 11) is 0. The third-order valence-corrected chi connectivity index (χ3v) is 5.43. The summed E-state index contributed by atoms with van der Waals surface area (Å²) in [6.45, 7) is 0. The third-order valence-electron chi connectivity index (χ3n) is 4.26. The van der Waals surface area contributed by atoms with Crippen LogP contribution in [0.5, 0.6) is 0 Å². The number of nitrogens with one attached hydrogen (secondary N) is 1. The number of benzene rings is 1. The predicted octanol–water partition coefficient (Wildman–Crippen LogP) is 2.74. The molecule has 2 unspecified atom stereocenters. The van der Waals surface area contributed by atoms with E-state index in [0.29, 0.717) is 17.7 Å². The molecule has 3 atom stereocenters. The smallest absolute Gasteiger partial charge is 0.237 e. The Kier molecular flexibility index (Phi) is 6.58. The van der Waals surface area contributed by atoms with Crippen LogP contribution in [0.15, 0.2) is 30.3 Å². The molecule has 1 saturated carbocycles. The maximum Gasteiger partial charge on any atom is 0.237 e. The monoisotopic (exact) mass is 306 g/mol. The van der Waals surface area contributed by atoms with Crippen LogP contribution in [0, 0.1) is 0 Å². The maximum atomic E-state index is 12.2. The molecule has 0 aromatic heterocycles. The summed E-state index contributed by atoms with van der Waals surface area (Å²) in [5, 5.41) is 3.72. The molecule has 0 heterocycles. The largest absolute Gasteiger partial charge is 0.351 e. The van der Waals surface area contributed by atoms with Crippen molar-refractivity contribution in [3.8, 4) is 0 Å². The molecule has 21 heavy (non-hydrogen) atoms. The zero-order valence-corrected chi connectivity index (χ0v) is 13.6. The molecule has 3 N–H and O–H groups in total. The van der Waals surface area contributed by atoms with Gasteiger partial charge in [-0.1, -0.05) is 43.2 Å². The Morgan fingerprint density at radius 3 is 2.76 bits per heavy atom. The number of carbonyl (C=O) groups excluding carboxylic acids is 1. The molecule has 1 aliphatic carbocycles. The van der Waals surface area contributed by atoms with E-state index in [-0.39, 0.29) is 5.91 Å². The minimum Gasteiger partial charge on any atom is -0.351 e. The van der Waals surface area contributed by atoms with Crippen LogP contribution in [0.3, 0.4) is 0 Å². The van der Waals surface area contributed by atoms with Crippen molar-refractivity contribution in [2.75, 3.05) is 6.26 Å². The molecule has 0 aliphatic heterocycles. The molecule has 0 bridgehead atoms. The van der Waals surface area contributed by atoms with Gasteiger partial charge in [0.2, 0.25) is 5.91 Å². The number of carbonyl (C=O) groups is 1. The zero-order valence-electron chi connectivity index (χ0n) is 12.8. The second-order valence-electron chi connectivity index (χ2n) is 5.80. The number of aryl methyl sites for hydroxylation is 1. The van der Waals surface area contributed by atoms with Crippen molar-refractivity contribution in [2.45, 2.75) is 55.9 Å². The summed E-state index contributed by atoms with van der Waals surface area (Å²) in [5.41, 5.74) is 7.29. The highest BCUT2D eigenvalue weighted by atomic mass is 32.2. The van der Waals surface area contributed by atoms with E-state index in [9.17, 15) is 4.79 Å². The Morgan fingerprint density at radius 2 is 2.05 bits per heavy atom. The standard InChI is InChI=1S/C17H26N2OS/c1-21-16-10-6-5-9-15(16)19-17(20)14(18)12-11-13-7-3-2-4-8-13/h2-4,7-8,14-16H,5-6,9-12,18H2,1H3,(H,19,20)/t14-,15?,16?/m0/s1. The fraction of sp³-hybridized carbons (Fsp3) is 0.588. The quantitative estimate of drug-likeness (QED) is 0.849. The van der Waals surface area contributed by atoms with E-state index >= 15 is 0 Å². The van der Waals surface area contributed by atoms with Gasteiger partial charge in [0, 0.05) is 11.3 Å². The first kappa shape index (κ1) is 16.4. The van der Waals surface area contributed by atoms with Gasteiger partial charge in [-0.05, 0) is 37.5 Å². The molecule has 1 aromatic rings. The lowest BCUT2D eigenvalue weighted by atomic mass is 9.94. The van der Waals surface area contributed by atoms with Crippen molar-refractivity contribution in [2.24, 2.45) is 5.73 Å². The first-order valence-electron chi connectivity index (χ1n) is 7.83. The Morgan fingerprint density at radius 1 is 1.33 bits per heavy atom. The van der Waals surface area contributed by atoms with Gasteiger partial charge in [-0.15, -0.1) is 0 Å². The van der Waals surface area contributed by atoms with Gasteiger partial charge in [0.15, 0.2) is 0 Å². The summed E-state index contributed by atoms with van der Waals surface area (Å²) in [6.07, 6.45) is 8.45. The number of rotatable bonds is 6. The Labute approximate surface area is 132 Å². The molecule has 0 saturated heterocycles. The third kappa shape index (κ3) is 5.04. The van der Waals surface area contributed by atoms with Gasteiger partial charge in [0.05, 0.1) is 6.04 Å². The van der Waals surface area contributed by atoms with Gasteiger partial charge in [0.1, 0.15) is 0 Å². The van der Waals surface area contributed by atoms with Crippen molar-refractivity contribution in [3.63, 3.8) is 0 Å². The van der Waals surface area contributed by atoms with Crippen LogP contribution < -0.4 is 11.1 Å². The Hall–Kier alpha value is -1.00. The van der Waals surface area contributed by atoms with Gasteiger partial charge in [-0.2, -0.15) is 11.8 Å². The molecular formula is C17H26N2OS. The molecule has 3 nitrogen and oxygen atoms in total. The average molecular weight is 306 g/mol. The van der Waals surface area contributed by atoms with Crippen LogP contribution in [0.25, 0.3) is 0 Å². The van der Waals surface area contributed by atoms with E-state index in [1.165, 1.54) is 24.8 Å². The zero-order chi connectivity index (χ0) is 15.1. The number of amides is 1. The van der Waals surface area contributed by atoms with Crippen molar-refractivity contribution in [3.05, 3.63) is 35.9 Å². The molecule has 4 heteroatoms. The first-order valence-corrected chi connectivity index (χ1v) is 9.12. The molecule has 1 aliphatic rings. The topological polar surface area (TPSA) is 55.1 Å². The van der Waals surface area contributed by atoms with Crippen molar-refractivity contribution >= 4 is 17.7 Å². The molecule has 1 fully saturated rings. The number of hydrogen-bond acceptors (Lipinski definition) is 3. The lowest BCUT2D eigenvalue weighted by Gasteiger charge is -2.31. The molecule has 1 amide bonds. The highest BCUT2D eigenvalue weighted by molar-refractivity contribution is 7.99. The summed E-state index contributed by atoms with van der Waals surface area (Å²) < 4.78 is 0. The minimum absolute atomic E-state index is 0.0110. The highest BCUT2D eigenvalue weighted by Gasteiger charge is 2.27. The van der Waals surface area contributed by atoms with Crippen LogP contribution in [0.4, 0.5) is 0 Å². The predicted molar refractivity (Wildman–Crippen MR) is 90.4 cm³/mol. The summed E-state index contributed by atoms with van der Waals surface area (Å²) in [5.74, 6) is 0.0110. The summed E-state index contributed by atoms with van der Waals surface area (Å²) >= 11 is 1.86. The summed E-state index contributed by atoms with van der Waals surface area (Å²) in [4.78, 5) is 12.2. The maximum absolute atomic E-state index is 12.2. The summed E-state index contributed by atoms with van der Waals surface area (Å²) in [6, 6.07) is 10.1. The second-order valence-corrected chi connectivity index (χ2v) is 6.88. The molecule has 0 spiro atoms. The highest BCUT2D eigenvalue weighted by Crippen LogP contribution is 2.27. The van der Waals surface area contributed by atoms with Gasteiger partial charge in [0.25, 0.3) is 0 Å².